The Kier molecular flexibility index (Phi) is 9.06. The number of allylic oxidation sites excluding steroid dienone is 4. The highest BCUT2D eigenvalue weighted by Crippen LogP contribution is 2.30. The minimum Gasteiger partial charge on any atom is -0.391 e. The molecule has 2 aliphatic carbocycles. The summed E-state index contributed by atoms with van der Waals surface area (Å²) in [6.45, 7) is 8.64. The first kappa shape index (κ1) is 28.5. The second kappa shape index (κ2) is 12.1. The molecule has 38 heavy (non-hydrogen) atoms. The predicted molar refractivity (Wildman–Crippen MR) is 152 cm³/mol. The summed E-state index contributed by atoms with van der Waals surface area (Å²) in [6.07, 6.45) is 11.9. The Morgan fingerprint density at radius 2 is 1.71 bits per heavy atom. The van der Waals surface area contributed by atoms with Crippen LogP contribution in [0.25, 0.3) is 5.57 Å². The lowest BCUT2D eigenvalue weighted by Crippen LogP contribution is -2.51. The van der Waals surface area contributed by atoms with Crippen molar-refractivity contribution < 1.29 is 18.3 Å². The quantitative estimate of drug-likeness (QED) is 0.459. The smallest absolute Gasteiger partial charge is 0.240 e. The number of sulfonamides is 1. The summed E-state index contributed by atoms with van der Waals surface area (Å²) in [5.74, 6) is 0.303. The molecule has 0 radical (unpaired) electrons. The van der Waals surface area contributed by atoms with Crippen LogP contribution in [0.1, 0.15) is 58.9 Å². The zero-order valence-electron chi connectivity index (χ0n) is 22.8. The molecule has 1 aromatic rings. The largest absolute Gasteiger partial charge is 0.391 e. The van der Waals surface area contributed by atoms with Gasteiger partial charge in [-0.1, -0.05) is 50.3 Å². The second-order valence-corrected chi connectivity index (χ2v) is 12.9. The molecule has 0 saturated heterocycles. The summed E-state index contributed by atoms with van der Waals surface area (Å²) < 4.78 is 29.0. The Balaban J connectivity index is 1.32. The minimum atomic E-state index is -3.66. The fourth-order valence-corrected chi connectivity index (χ4v) is 7.06. The number of nitrogens with zero attached hydrogens (tertiary/aromatic N) is 1. The van der Waals surface area contributed by atoms with Crippen molar-refractivity contribution in [2.45, 2.75) is 76.5 Å². The van der Waals surface area contributed by atoms with E-state index in [4.69, 9.17) is 0 Å². The average molecular weight is 540 g/mol. The van der Waals surface area contributed by atoms with E-state index in [-0.39, 0.29) is 40.6 Å². The van der Waals surface area contributed by atoms with Crippen molar-refractivity contribution in [1.82, 2.24) is 10.0 Å². The molecule has 1 aliphatic heterocycles. The monoisotopic (exact) mass is 539 g/mol. The van der Waals surface area contributed by atoms with Crippen LogP contribution in [0.3, 0.4) is 0 Å². The van der Waals surface area contributed by atoms with Gasteiger partial charge in [-0.05, 0) is 74.8 Å². The molecule has 7 nitrogen and oxygen atoms in total. The summed E-state index contributed by atoms with van der Waals surface area (Å²) in [4.78, 5) is 17.8. The summed E-state index contributed by atoms with van der Waals surface area (Å²) in [5, 5.41) is 13.5. The first-order chi connectivity index (χ1) is 18.0. The van der Waals surface area contributed by atoms with Crippen molar-refractivity contribution in [2.24, 2.45) is 28.7 Å². The zero-order chi connectivity index (χ0) is 27.4. The molecule has 0 bridgehead atoms. The highest BCUT2D eigenvalue weighted by atomic mass is 32.2. The molecule has 206 valence electrons. The third-order valence-electron chi connectivity index (χ3n) is 8.14. The second-order valence-electron chi connectivity index (χ2n) is 11.2. The fraction of sp³-hybridized carbons (Fsp3) is 0.533. The zero-order valence-corrected chi connectivity index (χ0v) is 23.6. The third kappa shape index (κ3) is 6.71. The number of benzene rings is 1. The van der Waals surface area contributed by atoms with Crippen molar-refractivity contribution in [1.29, 1.82) is 0 Å². The lowest BCUT2D eigenvalue weighted by atomic mass is 9.81. The first-order valence-corrected chi connectivity index (χ1v) is 15.2. The molecule has 1 fully saturated rings. The summed E-state index contributed by atoms with van der Waals surface area (Å²) in [7, 11) is -3.66. The van der Waals surface area contributed by atoms with Crippen molar-refractivity contribution in [3.8, 4) is 0 Å². The Labute approximate surface area is 227 Å². The van der Waals surface area contributed by atoms with Gasteiger partial charge < -0.3 is 10.4 Å². The van der Waals surface area contributed by atoms with E-state index in [1.54, 1.807) is 19.1 Å². The SMILES string of the molecule is CC1=NCC(C)C(c2ccc(S(=O)(=O)NC3CCC(C(=O)N[C@@H](C4C=CC=CC4C)[C@@H](C)O)CC3)cc2)=C1. The van der Waals surface area contributed by atoms with Gasteiger partial charge in [0.25, 0.3) is 0 Å². The van der Waals surface area contributed by atoms with Gasteiger partial charge in [-0.15, -0.1) is 0 Å². The standard InChI is InChI=1S/C30H41N3O4S/c1-19-7-5-6-8-27(19)29(22(4)34)32-30(35)24-9-13-25(14-10-24)33-38(36,37)26-15-11-23(12-16-26)28-17-21(3)31-18-20(28)2/h5-8,11-12,15-17,19-20,22,24-25,27,29,33-34H,9-10,13-14,18H2,1-4H3,(H,32,35)/t19?,20?,22-,24?,25?,27?,29-/m1/s1. The lowest BCUT2D eigenvalue weighted by molar-refractivity contribution is -0.128. The maximum Gasteiger partial charge on any atom is 0.240 e. The molecule has 5 atom stereocenters. The molecule has 3 unspecified atom stereocenters. The van der Waals surface area contributed by atoms with Crippen molar-refractivity contribution in [2.75, 3.05) is 6.54 Å². The number of dihydropyridines is 1. The molecule has 4 rings (SSSR count). The van der Waals surface area contributed by atoms with Crippen LogP contribution in [-0.4, -0.2) is 49.9 Å². The van der Waals surface area contributed by atoms with Gasteiger partial charge in [0.15, 0.2) is 0 Å². The number of carbonyl (C=O) groups excluding carboxylic acids is 1. The van der Waals surface area contributed by atoms with Crippen LogP contribution in [0.5, 0.6) is 0 Å². The van der Waals surface area contributed by atoms with Crippen LogP contribution < -0.4 is 10.0 Å². The minimum absolute atomic E-state index is 0.0354. The van der Waals surface area contributed by atoms with Gasteiger partial charge in [0.1, 0.15) is 0 Å². The van der Waals surface area contributed by atoms with E-state index in [2.05, 4.69) is 41.0 Å². The van der Waals surface area contributed by atoms with Crippen LogP contribution in [-0.2, 0) is 14.8 Å². The van der Waals surface area contributed by atoms with Gasteiger partial charge in [0.2, 0.25) is 15.9 Å². The Bertz CT molecular complexity index is 1220. The number of aliphatic hydroxyl groups excluding tert-OH is 1. The van der Waals surface area contributed by atoms with E-state index in [0.29, 0.717) is 31.6 Å². The maximum absolute atomic E-state index is 13.1. The third-order valence-corrected chi connectivity index (χ3v) is 9.67. The molecule has 0 spiro atoms. The number of aliphatic hydroxyl groups is 1. The van der Waals surface area contributed by atoms with Crippen LogP contribution >= 0.6 is 0 Å². The van der Waals surface area contributed by atoms with Crippen molar-refractivity contribution >= 4 is 27.2 Å². The van der Waals surface area contributed by atoms with Gasteiger partial charge in [0.05, 0.1) is 17.0 Å². The number of hydrogen-bond acceptors (Lipinski definition) is 5. The number of aliphatic imine (C=N–C) groups is 1. The molecule has 1 saturated carbocycles. The highest BCUT2D eigenvalue weighted by Gasteiger charge is 2.34. The van der Waals surface area contributed by atoms with Crippen molar-refractivity contribution in [3.05, 3.63) is 60.2 Å². The molecule has 3 aliphatic rings. The number of nitrogens with one attached hydrogen (secondary N) is 2. The van der Waals surface area contributed by atoms with Crippen molar-refractivity contribution in [3.63, 3.8) is 0 Å². The number of amides is 1. The van der Waals surface area contributed by atoms with E-state index in [1.807, 2.05) is 37.3 Å². The Morgan fingerprint density at radius 3 is 2.34 bits per heavy atom. The van der Waals surface area contributed by atoms with E-state index in [1.165, 1.54) is 5.57 Å². The van der Waals surface area contributed by atoms with Gasteiger partial charge in [0, 0.05) is 36.1 Å². The molecular formula is C30H41N3O4S. The van der Waals surface area contributed by atoms with E-state index < -0.39 is 16.1 Å². The molecule has 0 aromatic heterocycles. The highest BCUT2D eigenvalue weighted by molar-refractivity contribution is 7.89. The lowest BCUT2D eigenvalue weighted by Gasteiger charge is -2.35. The Hall–Kier alpha value is -2.55. The topological polar surface area (TPSA) is 108 Å². The van der Waals surface area contributed by atoms with Gasteiger partial charge in [-0.3, -0.25) is 9.79 Å². The molecule has 8 heteroatoms. The first-order valence-electron chi connectivity index (χ1n) is 13.7. The fourth-order valence-electron chi connectivity index (χ4n) is 5.75. The Morgan fingerprint density at radius 1 is 1.05 bits per heavy atom. The molecule has 3 N–H and O–H groups in total. The van der Waals surface area contributed by atoms with Crippen LogP contribution in [0.4, 0.5) is 0 Å². The van der Waals surface area contributed by atoms with E-state index >= 15 is 0 Å². The molecule has 1 amide bonds. The summed E-state index contributed by atoms with van der Waals surface area (Å²) >= 11 is 0. The van der Waals surface area contributed by atoms with Gasteiger partial charge in [-0.2, -0.15) is 0 Å². The molecule has 1 heterocycles. The van der Waals surface area contributed by atoms with Gasteiger partial charge >= 0.3 is 0 Å². The van der Waals surface area contributed by atoms with E-state index in [0.717, 1.165) is 17.8 Å². The summed E-state index contributed by atoms with van der Waals surface area (Å²) in [6, 6.07) is 6.50. The van der Waals surface area contributed by atoms with Crippen LogP contribution in [0, 0.1) is 23.7 Å². The predicted octanol–water partition coefficient (Wildman–Crippen LogP) is 4.26. The van der Waals surface area contributed by atoms with Gasteiger partial charge in [-0.25, -0.2) is 13.1 Å². The van der Waals surface area contributed by atoms with Crippen LogP contribution in [0.15, 0.2) is 64.5 Å². The molecular weight excluding hydrogens is 498 g/mol. The maximum atomic E-state index is 13.1. The number of rotatable bonds is 8. The molecule has 1 aromatic carbocycles. The average Bonchev–Trinajstić information content (AvgIpc) is 2.89. The van der Waals surface area contributed by atoms with E-state index in [9.17, 15) is 18.3 Å². The van der Waals surface area contributed by atoms with Crippen LogP contribution in [0.2, 0.25) is 0 Å². The normalized spacial score (nSPS) is 29.2. The number of hydrogen-bond donors (Lipinski definition) is 3. The number of carbonyl (C=O) groups is 1. The summed E-state index contributed by atoms with van der Waals surface area (Å²) in [5.41, 5.74) is 3.18.